The van der Waals surface area contributed by atoms with Crippen LogP contribution in [-0.2, 0) is 4.79 Å². The maximum Gasteiger partial charge on any atom is 0.321 e. The minimum absolute atomic E-state index is 0.00463. The van der Waals surface area contributed by atoms with Crippen LogP contribution in [0.1, 0.15) is 53.6 Å². The predicted molar refractivity (Wildman–Crippen MR) is 98.7 cm³/mol. The summed E-state index contributed by atoms with van der Waals surface area (Å²) >= 11 is 0. The molecule has 1 aliphatic rings. The van der Waals surface area contributed by atoms with Gasteiger partial charge in [-0.25, -0.2) is 0 Å². The van der Waals surface area contributed by atoms with Gasteiger partial charge in [-0.15, -0.1) is 0 Å². The molecule has 1 atom stereocenters. The summed E-state index contributed by atoms with van der Waals surface area (Å²) in [5.74, 6) is -0.780. The number of benzene rings is 1. The summed E-state index contributed by atoms with van der Waals surface area (Å²) in [5.41, 5.74) is 17.5. The molecular weight excluding hydrogens is 322 g/mol. The van der Waals surface area contributed by atoms with Gasteiger partial charge in [-0.2, -0.15) is 0 Å². The average Bonchev–Trinajstić information content (AvgIpc) is 2.60. The molecule has 0 saturated heterocycles. The molecule has 7 heteroatoms. The zero-order chi connectivity index (χ0) is 19.4. The number of carboxylic acid groups (broad SMARTS) is 1. The molecule has 1 aromatic rings. The molecule has 0 spiro atoms. The predicted octanol–water partition coefficient (Wildman–Crippen LogP) is 1.46. The molecule has 1 fully saturated rings. The number of rotatable bonds is 3. The normalized spacial score (nSPS) is 15.1. The number of aldehydes is 1. The van der Waals surface area contributed by atoms with Gasteiger partial charge in [0.05, 0.1) is 0 Å². The number of carbonyl (C=O) groups excluding carboxylic acids is 1. The smallest absolute Gasteiger partial charge is 0.321 e. The van der Waals surface area contributed by atoms with Crippen LogP contribution in [-0.4, -0.2) is 41.1 Å². The van der Waals surface area contributed by atoms with Crippen LogP contribution >= 0.6 is 0 Å². The molecule has 1 aromatic carbocycles. The van der Waals surface area contributed by atoms with Crippen LogP contribution in [0.3, 0.4) is 0 Å². The van der Waals surface area contributed by atoms with Gasteiger partial charge in [-0.1, -0.05) is 19.3 Å². The fourth-order valence-corrected chi connectivity index (χ4v) is 2.29. The van der Waals surface area contributed by atoms with E-state index in [0.29, 0.717) is 11.6 Å². The highest BCUT2D eigenvalue weighted by molar-refractivity contribution is 5.76. The largest absolute Gasteiger partial charge is 0.507 e. The highest BCUT2D eigenvalue weighted by atomic mass is 16.4. The van der Waals surface area contributed by atoms with Crippen molar-refractivity contribution in [3.8, 4) is 5.75 Å². The molecule has 142 valence electrons. The average molecular weight is 353 g/mol. The SMILES string of the molecule is Cc1cc(C=O)cc(C)c1O.NC1CCCCC1.NC[C@H](N)C(=O)O. The molecule has 0 aliphatic heterocycles. The van der Waals surface area contributed by atoms with Crippen LogP contribution in [0.2, 0.25) is 0 Å². The van der Waals surface area contributed by atoms with Crippen molar-refractivity contribution in [2.45, 2.75) is 58.0 Å². The van der Waals surface area contributed by atoms with Crippen molar-refractivity contribution in [1.82, 2.24) is 0 Å². The molecule has 2 rings (SSSR count). The molecule has 25 heavy (non-hydrogen) atoms. The first-order valence-corrected chi connectivity index (χ1v) is 8.42. The third-order valence-electron chi connectivity index (χ3n) is 3.87. The summed E-state index contributed by atoms with van der Waals surface area (Å²) in [7, 11) is 0. The van der Waals surface area contributed by atoms with Gasteiger partial charge in [0.2, 0.25) is 0 Å². The van der Waals surface area contributed by atoms with E-state index in [2.05, 4.69) is 0 Å². The fourth-order valence-electron chi connectivity index (χ4n) is 2.29. The molecule has 0 bridgehead atoms. The van der Waals surface area contributed by atoms with E-state index in [1.165, 1.54) is 32.1 Å². The van der Waals surface area contributed by atoms with Gasteiger partial charge < -0.3 is 27.4 Å². The quantitative estimate of drug-likeness (QED) is 0.515. The Kier molecular flexibility index (Phi) is 11.4. The molecule has 0 amide bonds. The van der Waals surface area contributed by atoms with E-state index in [4.69, 9.17) is 22.3 Å². The number of nitrogens with two attached hydrogens (primary N) is 3. The first-order valence-electron chi connectivity index (χ1n) is 8.42. The van der Waals surface area contributed by atoms with Crippen LogP contribution in [0.25, 0.3) is 0 Å². The van der Waals surface area contributed by atoms with Crippen LogP contribution < -0.4 is 17.2 Å². The van der Waals surface area contributed by atoms with E-state index in [9.17, 15) is 14.7 Å². The van der Waals surface area contributed by atoms with E-state index < -0.39 is 12.0 Å². The number of aryl methyl sites for hydroxylation is 2. The summed E-state index contributed by atoms with van der Waals surface area (Å²) < 4.78 is 0. The van der Waals surface area contributed by atoms with Crippen molar-refractivity contribution in [1.29, 1.82) is 0 Å². The first-order chi connectivity index (χ1) is 11.7. The zero-order valence-corrected chi connectivity index (χ0v) is 15.1. The lowest BCUT2D eigenvalue weighted by Crippen LogP contribution is -2.37. The maximum absolute atomic E-state index is 10.3. The fraction of sp³-hybridized carbons (Fsp3) is 0.556. The number of hydrogen-bond acceptors (Lipinski definition) is 6. The Bertz CT molecular complexity index is 520. The van der Waals surface area contributed by atoms with Gasteiger partial charge >= 0.3 is 5.97 Å². The monoisotopic (exact) mass is 353 g/mol. The van der Waals surface area contributed by atoms with E-state index in [-0.39, 0.29) is 12.3 Å². The lowest BCUT2D eigenvalue weighted by molar-refractivity contribution is -0.138. The van der Waals surface area contributed by atoms with Gasteiger partial charge in [0, 0.05) is 18.2 Å². The molecular formula is C18H31N3O4. The highest BCUT2D eigenvalue weighted by Gasteiger charge is 2.06. The Labute approximate surface area is 149 Å². The third kappa shape index (κ3) is 9.81. The van der Waals surface area contributed by atoms with Crippen molar-refractivity contribution in [3.63, 3.8) is 0 Å². The zero-order valence-electron chi connectivity index (χ0n) is 15.1. The molecule has 8 N–H and O–H groups in total. The Morgan fingerprint density at radius 2 is 1.72 bits per heavy atom. The second-order valence-electron chi connectivity index (χ2n) is 6.20. The van der Waals surface area contributed by atoms with Gasteiger partial charge in [-0.05, 0) is 49.9 Å². The summed E-state index contributed by atoms with van der Waals surface area (Å²) in [6.45, 7) is 3.54. The van der Waals surface area contributed by atoms with Gasteiger partial charge in [0.1, 0.15) is 18.1 Å². The van der Waals surface area contributed by atoms with Gasteiger partial charge in [0.15, 0.2) is 0 Å². The topological polar surface area (TPSA) is 153 Å². The molecule has 7 nitrogen and oxygen atoms in total. The van der Waals surface area contributed by atoms with Crippen molar-refractivity contribution < 1.29 is 19.8 Å². The lowest BCUT2D eigenvalue weighted by Gasteiger charge is -2.15. The number of phenols is 1. The van der Waals surface area contributed by atoms with Crippen molar-refractivity contribution in [3.05, 3.63) is 28.8 Å². The number of aliphatic carboxylic acids is 1. The third-order valence-corrected chi connectivity index (χ3v) is 3.87. The second-order valence-corrected chi connectivity index (χ2v) is 6.20. The molecule has 1 aliphatic carbocycles. The number of carboxylic acids is 1. The Morgan fingerprint density at radius 1 is 1.24 bits per heavy atom. The molecule has 0 unspecified atom stereocenters. The number of aromatic hydroxyl groups is 1. The van der Waals surface area contributed by atoms with Crippen LogP contribution in [0.15, 0.2) is 12.1 Å². The van der Waals surface area contributed by atoms with Gasteiger partial charge in [0.25, 0.3) is 0 Å². The number of carbonyl (C=O) groups is 2. The molecule has 0 aromatic heterocycles. The second kappa shape index (κ2) is 12.4. The van der Waals surface area contributed by atoms with E-state index in [0.717, 1.165) is 17.4 Å². The first kappa shape index (κ1) is 23.0. The van der Waals surface area contributed by atoms with Gasteiger partial charge in [-0.3, -0.25) is 9.59 Å². The minimum Gasteiger partial charge on any atom is -0.507 e. The Morgan fingerprint density at radius 3 is 1.96 bits per heavy atom. The molecule has 0 radical (unpaired) electrons. The van der Waals surface area contributed by atoms with Crippen LogP contribution in [0.5, 0.6) is 5.75 Å². The summed E-state index contributed by atoms with van der Waals surface area (Å²) in [6.07, 6.45) is 7.44. The number of phenolic OH excluding ortho intramolecular Hbond substituents is 1. The van der Waals surface area contributed by atoms with Crippen molar-refractivity contribution in [2.24, 2.45) is 17.2 Å². The minimum atomic E-state index is -1.05. The molecule has 1 saturated carbocycles. The highest BCUT2D eigenvalue weighted by Crippen LogP contribution is 2.21. The van der Waals surface area contributed by atoms with E-state index in [1.54, 1.807) is 26.0 Å². The van der Waals surface area contributed by atoms with Crippen LogP contribution in [0.4, 0.5) is 0 Å². The maximum atomic E-state index is 10.3. The van der Waals surface area contributed by atoms with Crippen LogP contribution in [0, 0.1) is 13.8 Å². The van der Waals surface area contributed by atoms with Crippen molar-refractivity contribution >= 4 is 12.3 Å². The Hall–Kier alpha value is -1.96. The van der Waals surface area contributed by atoms with E-state index in [1.807, 2.05) is 0 Å². The van der Waals surface area contributed by atoms with Crippen molar-refractivity contribution in [2.75, 3.05) is 6.54 Å². The summed E-state index contributed by atoms with van der Waals surface area (Å²) in [4.78, 5) is 20.1. The summed E-state index contributed by atoms with van der Waals surface area (Å²) in [6, 6.07) is 2.96. The van der Waals surface area contributed by atoms with E-state index >= 15 is 0 Å². The molecule has 0 heterocycles. The Balaban J connectivity index is 0.000000362. The lowest BCUT2D eigenvalue weighted by atomic mass is 9.97. The summed E-state index contributed by atoms with van der Waals surface area (Å²) in [5, 5.41) is 17.3. The standard InChI is InChI=1S/C9H10O2.C6H13N.C3H8N2O2/c1-6-3-8(5-10)4-7(2)9(6)11;7-6-4-2-1-3-5-6;4-1-2(5)3(6)7/h3-5,11H,1-2H3;6H,1-5,7H2;2H,1,4-5H2,(H,6,7)/t;;2-/m..0/s1. The number of hydrogen-bond donors (Lipinski definition) is 5.